The number of hydrogen-bond acceptors (Lipinski definition) is 4. The van der Waals surface area contributed by atoms with E-state index < -0.39 is 0 Å². The number of benzene rings is 2. The fourth-order valence-electron chi connectivity index (χ4n) is 2.61. The minimum absolute atomic E-state index is 0.0953. The fraction of sp³-hybridized carbons (Fsp3) is 0.300. The van der Waals surface area contributed by atoms with Gasteiger partial charge in [-0.3, -0.25) is 4.79 Å². The largest absolute Gasteiger partial charge is 0.492 e. The number of ether oxygens (including phenoxy) is 1. The van der Waals surface area contributed by atoms with Crippen LogP contribution in [0.15, 0.2) is 59.8 Å². The minimum Gasteiger partial charge on any atom is -0.492 e. The molecule has 26 heavy (non-hydrogen) atoms. The van der Waals surface area contributed by atoms with Crippen molar-refractivity contribution in [3.8, 4) is 5.75 Å². The quantitative estimate of drug-likeness (QED) is 0.223. The van der Waals surface area contributed by atoms with E-state index in [1.54, 1.807) is 0 Å². The van der Waals surface area contributed by atoms with E-state index >= 15 is 0 Å². The highest BCUT2D eigenvalue weighted by Gasteiger charge is 2.22. The zero-order valence-electron chi connectivity index (χ0n) is 15.1. The molecule has 0 heterocycles. The second kappa shape index (κ2) is 8.89. The van der Waals surface area contributed by atoms with Crippen molar-refractivity contribution in [2.45, 2.75) is 25.7 Å². The molecule has 2 rings (SSSR count). The van der Waals surface area contributed by atoms with Crippen LogP contribution in [0.5, 0.6) is 5.75 Å². The molecule has 6 nitrogen and oxygen atoms in total. The molecular weight excluding hydrogens is 330 g/mol. The summed E-state index contributed by atoms with van der Waals surface area (Å²) in [6.07, 6.45) is -0.139. The molecule has 1 amide bonds. The minimum atomic E-state index is -0.316. The summed E-state index contributed by atoms with van der Waals surface area (Å²) in [5, 5.41) is 13.8. The van der Waals surface area contributed by atoms with Gasteiger partial charge in [0.25, 0.3) is 0 Å². The topological polar surface area (TPSA) is 96.9 Å². The summed E-state index contributed by atoms with van der Waals surface area (Å²) in [7, 11) is 0. The lowest BCUT2D eigenvalue weighted by molar-refractivity contribution is -0.120. The number of carbonyl (C=O) groups excluding carboxylic acids is 1. The summed E-state index contributed by atoms with van der Waals surface area (Å²) < 4.78 is 5.64. The normalized spacial score (nSPS) is 11.8. The van der Waals surface area contributed by atoms with E-state index in [9.17, 15) is 4.79 Å². The molecule has 0 aliphatic carbocycles. The van der Waals surface area contributed by atoms with Crippen LogP contribution in [0, 0.1) is 0 Å². The Balaban J connectivity index is 1.85. The first-order chi connectivity index (χ1) is 12.4. The van der Waals surface area contributed by atoms with Crippen molar-refractivity contribution < 1.29 is 14.7 Å². The predicted molar refractivity (Wildman–Crippen MR) is 102 cm³/mol. The molecule has 0 radical (unpaired) electrons. The second-order valence-corrected chi connectivity index (χ2v) is 6.48. The number of amides is 1. The van der Waals surface area contributed by atoms with Gasteiger partial charge in [-0.1, -0.05) is 61.5 Å². The van der Waals surface area contributed by atoms with E-state index in [1.807, 2.05) is 30.3 Å². The molecule has 0 aliphatic rings. The monoisotopic (exact) mass is 355 g/mol. The van der Waals surface area contributed by atoms with Gasteiger partial charge in [-0.05, 0) is 23.3 Å². The van der Waals surface area contributed by atoms with E-state index in [0.29, 0.717) is 13.2 Å². The highest BCUT2D eigenvalue weighted by molar-refractivity contribution is 5.98. The zero-order chi connectivity index (χ0) is 19.0. The number of nitrogens with two attached hydrogens (primary N) is 1. The Kier molecular flexibility index (Phi) is 6.60. The first kappa shape index (κ1) is 19.3. The Morgan fingerprint density at radius 2 is 1.73 bits per heavy atom. The van der Waals surface area contributed by atoms with Crippen LogP contribution in [0.1, 0.15) is 31.4 Å². The van der Waals surface area contributed by atoms with Crippen molar-refractivity contribution >= 4 is 11.7 Å². The summed E-state index contributed by atoms with van der Waals surface area (Å²) in [6.45, 7) is 5.06. The number of nitrogens with zero attached hydrogens (tertiary/aromatic N) is 1. The lowest BCUT2D eigenvalue weighted by Gasteiger charge is -2.26. The lowest BCUT2D eigenvalue weighted by atomic mass is 9.78. The third kappa shape index (κ3) is 5.24. The first-order valence-corrected chi connectivity index (χ1v) is 8.45. The highest BCUT2D eigenvalue weighted by atomic mass is 16.5. The van der Waals surface area contributed by atoms with Gasteiger partial charge in [0.15, 0.2) is 0 Å². The van der Waals surface area contributed by atoms with Crippen molar-refractivity contribution in [1.29, 1.82) is 0 Å². The van der Waals surface area contributed by atoms with Crippen molar-refractivity contribution in [2.24, 2.45) is 10.9 Å². The van der Waals surface area contributed by atoms with Gasteiger partial charge in [0.1, 0.15) is 18.2 Å². The molecule has 0 spiro atoms. The molecule has 4 N–H and O–H groups in total. The second-order valence-electron chi connectivity index (χ2n) is 6.48. The van der Waals surface area contributed by atoms with Gasteiger partial charge in [0, 0.05) is 5.41 Å². The van der Waals surface area contributed by atoms with Gasteiger partial charge < -0.3 is 21.0 Å². The molecule has 0 unspecified atom stereocenters. The molecule has 0 saturated heterocycles. The van der Waals surface area contributed by atoms with Crippen LogP contribution in [-0.2, 0) is 10.2 Å². The van der Waals surface area contributed by atoms with Crippen LogP contribution in [0.2, 0.25) is 0 Å². The molecule has 6 heteroatoms. The Hall–Kier alpha value is -3.02. The zero-order valence-corrected chi connectivity index (χ0v) is 15.1. The average molecular weight is 355 g/mol. The van der Waals surface area contributed by atoms with Crippen molar-refractivity contribution in [2.75, 3.05) is 13.2 Å². The van der Waals surface area contributed by atoms with Crippen LogP contribution >= 0.6 is 0 Å². The third-order valence-corrected chi connectivity index (χ3v) is 4.23. The maximum absolute atomic E-state index is 11.5. The molecule has 0 aliphatic heterocycles. The number of carbonyl (C=O) groups is 1. The van der Waals surface area contributed by atoms with Crippen molar-refractivity contribution in [3.05, 3.63) is 65.7 Å². The van der Waals surface area contributed by atoms with Gasteiger partial charge in [0.2, 0.25) is 5.91 Å². The van der Waals surface area contributed by atoms with Crippen LogP contribution in [0.3, 0.4) is 0 Å². The Morgan fingerprint density at radius 1 is 1.12 bits per heavy atom. The summed E-state index contributed by atoms with van der Waals surface area (Å²) in [6, 6.07) is 18.3. The van der Waals surface area contributed by atoms with Gasteiger partial charge in [0.05, 0.1) is 13.0 Å². The lowest BCUT2D eigenvalue weighted by Crippen LogP contribution is -2.31. The molecule has 2 aromatic rings. The van der Waals surface area contributed by atoms with E-state index in [-0.39, 0.29) is 23.6 Å². The van der Waals surface area contributed by atoms with Crippen molar-refractivity contribution in [3.63, 3.8) is 0 Å². The predicted octanol–water partition coefficient (Wildman–Crippen LogP) is 2.64. The molecule has 2 aromatic carbocycles. The SMILES string of the molecule is CC(C)(c1ccccc1)c1ccc(OCCNC(=O)C/C(N)=N/O)cc1. The maximum atomic E-state index is 11.5. The van der Waals surface area contributed by atoms with E-state index in [2.05, 4.69) is 48.6 Å². The molecular formula is C20H25N3O3. The van der Waals surface area contributed by atoms with Crippen LogP contribution in [-0.4, -0.2) is 30.1 Å². The Bertz CT molecular complexity index is 741. The average Bonchev–Trinajstić information content (AvgIpc) is 2.66. The maximum Gasteiger partial charge on any atom is 0.227 e. The van der Waals surface area contributed by atoms with Gasteiger partial charge >= 0.3 is 0 Å². The highest BCUT2D eigenvalue weighted by Crippen LogP contribution is 2.32. The number of hydrogen-bond donors (Lipinski definition) is 3. The first-order valence-electron chi connectivity index (χ1n) is 8.45. The summed E-state index contributed by atoms with van der Waals surface area (Å²) in [5.41, 5.74) is 7.62. The molecule has 138 valence electrons. The number of oxime groups is 1. The van der Waals surface area contributed by atoms with Crippen molar-refractivity contribution in [1.82, 2.24) is 5.32 Å². The van der Waals surface area contributed by atoms with Crippen LogP contribution in [0.25, 0.3) is 0 Å². The molecule has 0 saturated carbocycles. The summed E-state index contributed by atoms with van der Waals surface area (Å²) in [5.74, 6) is 0.298. The number of rotatable bonds is 8. The summed E-state index contributed by atoms with van der Waals surface area (Å²) in [4.78, 5) is 11.5. The van der Waals surface area contributed by atoms with Gasteiger partial charge in [-0.2, -0.15) is 0 Å². The molecule has 0 fully saturated rings. The Labute approximate surface area is 153 Å². The number of nitrogens with one attached hydrogen (secondary N) is 1. The Morgan fingerprint density at radius 3 is 2.35 bits per heavy atom. The summed E-state index contributed by atoms with van der Waals surface area (Å²) >= 11 is 0. The molecule has 0 bridgehead atoms. The van der Waals surface area contributed by atoms with Crippen LogP contribution in [0.4, 0.5) is 0 Å². The molecule has 0 atom stereocenters. The van der Waals surface area contributed by atoms with Gasteiger partial charge in [-0.15, -0.1) is 0 Å². The standard InChI is InChI=1S/C20H25N3O3/c1-20(2,15-6-4-3-5-7-15)16-8-10-17(11-9-16)26-13-12-22-19(24)14-18(21)23-25/h3-11,25H,12-14H2,1-2H3,(H2,21,23)(H,22,24). The smallest absolute Gasteiger partial charge is 0.227 e. The van der Waals surface area contributed by atoms with E-state index in [4.69, 9.17) is 15.7 Å². The van der Waals surface area contributed by atoms with Gasteiger partial charge in [-0.25, -0.2) is 0 Å². The fourth-order valence-corrected chi connectivity index (χ4v) is 2.61. The van der Waals surface area contributed by atoms with E-state index in [1.165, 1.54) is 11.1 Å². The molecule has 0 aromatic heterocycles. The van der Waals surface area contributed by atoms with E-state index in [0.717, 1.165) is 5.75 Å². The number of amidine groups is 1. The van der Waals surface area contributed by atoms with Crippen LogP contribution < -0.4 is 15.8 Å². The third-order valence-electron chi connectivity index (χ3n) is 4.23.